The summed E-state index contributed by atoms with van der Waals surface area (Å²) in [6, 6.07) is 11.7. The molecule has 0 aliphatic heterocycles. The summed E-state index contributed by atoms with van der Waals surface area (Å²) in [6.07, 6.45) is 4.10. The molecular formula is C32H46ClN3O4SSi. The Morgan fingerprint density at radius 2 is 1.86 bits per heavy atom. The summed E-state index contributed by atoms with van der Waals surface area (Å²) < 4.78 is 14.0. The molecule has 1 aromatic carbocycles. The highest BCUT2D eigenvalue weighted by molar-refractivity contribution is 7.14. The van der Waals surface area contributed by atoms with Crippen LogP contribution in [0.4, 0.5) is 5.00 Å². The number of methoxy groups -OCH3 is 1. The number of carbonyl (C=O) groups is 2. The van der Waals surface area contributed by atoms with Gasteiger partial charge in [-0.25, -0.2) is 9.78 Å². The van der Waals surface area contributed by atoms with E-state index in [4.69, 9.17) is 25.7 Å². The van der Waals surface area contributed by atoms with Crippen molar-refractivity contribution in [1.82, 2.24) is 9.55 Å². The van der Waals surface area contributed by atoms with Crippen LogP contribution < -0.4 is 4.90 Å². The molecule has 0 fully saturated rings. The molecule has 1 atom stereocenters. The predicted molar refractivity (Wildman–Crippen MR) is 175 cm³/mol. The van der Waals surface area contributed by atoms with E-state index in [1.165, 1.54) is 18.4 Å². The third-order valence-corrected chi connectivity index (χ3v) is 14.1. The zero-order valence-electron chi connectivity index (χ0n) is 26.3. The minimum Gasteiger partial charge on any atom is -0.467 e. The lowest BCUT2D eigenvalue weighted by molar-refractivity contribution is -0.148. The van der Waals surface area contributed by atoms with Gasteiger partial charge in [-0.15, -0.1) is 11.3 Å². The number of rotatable bonds is 15. The number of anilines is 1. The first kappa shape index (κ1) is 34.0. The zero-order chi connectivity index (χ0) is 31.1. The number of unbranched alkanes of at least 4 members (excludes halogenated alkanes) is 1. The van der Waals surface area contributed by atoms with E-state index < -0.39 is 19.8 Å². The second kappa shape index (κ2) is 14.3. The molecule has 0 saturated carbocycles. The molecule has 2 aromatic heterocycles. The minimum atomic E-state index is -2.06. The fourth-order valence-corrected chi connectivity index (χ4v) is 6.59. The quantitative estimate of drug-likeness (QED) is 0.0741. The van der Waals surface area contributed by atoms with Crippen LogP contribution in [0.2, 0.25) is 23.2 Å². The van der Waals surface area contributed by atoms with E-state index in [0.717, 1.165) is 47.0 Å². The smallest absolute Gasteiger partial charge is 0.338 e. The van der Waals surface area contributed by atoms with E-state index >= 15 is 0 Å². The number of esters is 1. The molecule has 0 spiro atoms. The lowest BCUT2D eigenvalue weighted by atomic mass is 10.0. The summed E-state index contributed by atoms with van der Waals surface area (Å²) >= 11 is 8.12. The van der Waals surface area contributed by atoms with Gasteiger partial charge >= 0.3 is 5.97 Å². The van der Waals surface area contributed by atoms with Gasteiger partial charge in [-0.2, -0.15) is 0 Å². The van der Waals surface area contributed by atoms with Crippen molar-refractivity contribution in [1.29, 1.82) is 0 Å². The Kier molecular flexibility index (Phi) is 11.6. The summed E-state index contributed by atoms with van der Waals surface area (Å²) in [7, 11) is -0.747. The van der Waals surface area contributed by atoms with Crippen LogP contribution in [0.3, 0.4) is 0 Å². The average Bonchev–Trinajstić information content (AvgIpc) is 3.59. The first-order chi connectivity index (χ1) is 19.8. The molecule has 0 unspecified atom stereocenters. The van der Waals surface area contributed by atoms with Gasteiger partial charge in [-0.1, -0.05) is 63.9 Å². The number of ether oxygens (including phenoxy) is 1. The lowest BCUT2D eigenvalue weighted by Crippen LogP contribution is -2.55. The summed E-state index contributed by atoms with van der Waals surface area (Å²) in [5.41, 5.74) is 1.46. The molecular weight excluding hydrogens is 586 g/mol. The molecule has 0 N–H and O–H groups in total. The highest BCUT2D eigenvalue weighted by Crippen LogP contribution is 2.37. The number of hydrogen-bond acceptors (Lipinski definition) is 7. The number of benzene rings is 1. The number of thiophene rings is 1. The molecule has 0 amide bonds. The summed E-state index contributed by atoms with van der Waals surface area (Å²) in [5.74, 6) is 0.398. The summed E-state index contributed by atoms with van der Waals surface area (Å²) in [6.45, 7) is 16.4. The van der Waals surface area contributed by atoms with Gasteiger partial charge in [0.15, 0.2) is 20.1 Å². The fraction of sp³-hybridized carbons (Fsp3) is 0.531. The molecule has 0 aliphatic rings. The predicted octanol–water partition coefficient (Wildman–Crippen LogP) is 7.69. The highest BCUT2D eigenvalue weighted by Gasteiger charge is 2.42. The average molecular weight is 632 g/mol. The molecule has 0 saturated heterocycles. The number of hydrogen-bond donors (Lipinski definition) is 0. The molecule has 0 radical (unpaired) electrons. The highest BCUT2D eigenvalue weighted by atomic mass is 35.5. The maximum atomic E-state index is 12.9. The SMILES string of the molecule is CCCCc1nc(CO[Si](C)(C)C(C)(C)C)c(CCN(c2cccs2)[C@](C)(C=O)C(=O)OC)n1Cc1ccccc1Cl. The number of aryl methyl sites for hydroxylation is 1. The number of aromatic nitrogens is 2. The van der Waals surface area contributed by atoms with Gasteiger partial charge in [0.05, 0.1) is 31.0 Å². The van der Waals surface area contributed by atoms with Gasteiger partial charge in [0.25, 0.3) is 0 Å². The molecule has 2 heterocycles. The van der Waals surface area contributed by atoms with Gasteiger partial charge in [0.1, 0.15) is 5.82 Å². The third-order valence-electron chi connectivity index (χ3n) is 8.38. The minimum absolute atomic E-state index is 0.0561. The van der Waals surface area contributed by atoms with Crippen LogP contribution in [-0.2, 0) is 44.7 Å². The van der Waals surface area contributed by atoms with Crippen LogP contribution in [0.15, 0.2) is 41.8 Å². The molecule has 0 aliphatic carbocycles. The topological polar surface area (TPSA) is 73.7 Å². The van der Waals surface area contributed by atoms with E-state index in [9.17, 15) is 9.59 Å². The van der Waals surface area contributed by atoms with E-state index in [1.807, 2.05) is 46.7 Å². The van der Waals surface area contributed by atoms with Crippen LogP contribution >= 0.6 is 22.9 Å². The molecule has 230 valence electrons. The second-order valence-electron chi connectivity index (χ2n) is 12.4. The first-order valence-corrected chi connectivity index (χ1v) is 18.8. The number of nitrogens with zero attached hydrogens (tertiary/aromatic N) is 3. The van der Waals surface area contributed by atoms with Crippen LogP contribution in [0.1, 0.15) is 70.2 Å². The van der Waals surface area contributed by atoms with Crippen LogP contribution in [0.5, 0.6) is 0 Å². The maximum absolute atomic E-state index is 12.9. The third kappa shape index (κ3) is 7.73. The van der Waals surface area contributed by atoms with Crippen molar-refractivity contribution < 1.29 is 18.8 Å². The molecule has 7 nitrogen and oxygen atoms in total. The maximum Gasteiger partial charge on any atom is 0.338 e. The molecule has 3 aromatic rings. The number of imidazole rings is 1. The number of carbonyl (C=O) groups excluding carboxylic acids is 2. The molecule has 3 rings (SSSR count). The molecule has 10 heteroatoms. The van der Waals surface area contributed by atoms with E-state index in [-0.39, 0.29) is 5.04 Å². The Labute approximate surface area is 261 Å². The van der Waals surface area contributed by atoms with Crippen LogP contribution in [0.25, 0.3) is 0 Å². The van der Waals surface area contributed by atoms with E-state index in [0.29, 0.717) is 37.4 Å². The van der Waals surface area contributed by atoms with Crippen molar-refractivity contribution in [2.75, 3.05) is 18.6 Å². The van der Waals surface area contributed by atoms with Crippen molar-refractivity contribution in [3.63, 3.8) is 0 Å². The van der Waals surface area contributed by atoms with E-state index in [2.05, 4.69) is 45.4 Å². The Morgan fingerprint density at radius 1 is 1.14 bits per heavy atom. The monoisotopic (exact) mass is 631 g/mol. The lowest BCUT2D eigenvalue weighted by Gasteiger charge is -2.36. The van der Waals surface area contributed by atoms with Crippen LogP contribution in [0, 0.1) is 0 Å². The molecule has 0 bridgehead atoms. The Bertz CT molecular complexity index is 1340. The Balaban J connectivity index is 2.11. The van der Waals surface area contributed by atoms with Crippen LogP contribution in [-0.4, -0.2) is 49.3 Å². The fourth-order valence-electron chi connectivity index (χ4n) is 4.60. The summed E-state index contributed by atoms with van der Waals surface area (Å²) in [4.78, 5) is 32.4. The van der Waals surface area contributed by atoms with Gasteiger partial charge in [-0.3, -0.25) is 0 Å². The standard InChI is InChI=1S/C32H46ClN3O4SSi/c1-9-10-16-28-34-26(22-40-42(7,8)31(2,3)4)27(35(28)21-24-14-11-12-15-25(24)33)18-19-36(29-17-13-20-41-29)32(5,23-37)30(38)39-6/h11-15,17,20,23H,9-10,16,18-19,21-22H2,1-8H3/t32-/m1/s1. The van der Waals surface area contributed by atoms with Crippen molar-refractivity contribution in [3.8, 4) is 0 Å². The number of halogens is 1. The summed E-state index contributed by atoms with van der Waals surface area (Å²) in [5, 5.41) is 3.52. The first-order valence-electron chi connectivity index (χ1n) is 14.6. The normalized spacial score (nSPS) is 13.5. The van der Waals surface area contributed by atoms with Gasteiger partial charge in [0.2, 0.25) is 0 Å². The second-order valence-corrected chi connectivity index (χ2v) is 18.5. The van der Waals surface area contributed by atoms with Crippen molar-refractivity contribution in [3.05, 3.63) is 69.6 Å². The zero-order valence-corrected chi connectivity index (χ0v) is 28.9. The van der Waals surface area contributed by atoms with E-state index in [1.54, 1.807) is 6.92 Å². The van der Waals surface area contributed by atoms with Crippen molar-refractivity contribution in [2.24, 2.45) is 0 Å². The van der Waals surface area contributed by atoms with Gasteiger partial charge in [-0.05, 0) is 60.6 Å². The van der Waals surface area contributed by atoms with Crippen molar-refractivity contribution >= 4 is 48.5 Å². The van der Waals surface area contributed by atoms with Crippen molar-refractivity contribution in [2.45, 2.75) is 97.1 Å². The Hall–Kier alpha value is -2.46. The van der Waals surface area contributed by atoms with Gasteiger partial charge < -0.3 is 23.4 Å². The van der Waals surface area contributed by atoms with Gasteiger partial charge in [0, 0.05) is 30.1 Å². The largest absolute Gasteiger partial charge is 0.467 e. The Morgan fingerprint density at radius 3 is 2.43 bits per heavy atom. The number of aldehydes is 1. The molecule has 42 heavy (non-hydrogen) atoms.